The van der Waals surface area contributed by atoms with Crippen LogP contribution in [0.3, 0.4) is 0 Å². The molecule has 2 saturated heterocycles. The Balaban J connectivity index is 1.22. The van der Waals surface area contributed by atoms with Crippen molar-refractivity contribution >= 4 is 5.96 Å². The Kier molecular flexibility index (Phi) is 6.26. The number of aromatic nitrogens is 3. The fourth-order valence-corrected chi connectivity index (χ4v) is 4.23. The molecule has 0 spiro atoms. The first-order valence-corrected chi connectivity index (χ1v) is 10.4. The number of likely N-dealkylation sites (tertiary alicyclic amines) is 2. The maximum absolute atomic E-state index is 5.34. The number of hydrogen-bond donors (Lipinski definition) is 2. The average Bonchev–Trinajstić information content (AvgIpc) is 3.47. The fraction of sp³-hybridized carbons (Fsp3) is 0.650. The molecule has 0 aliphatic carbocycles. The van der Waals surface area contributed by atoms with Gasteiger partial charge in [0, 0.05) is 39.6 Å². The van der Waals surface area contributed by atoms with E-state index in [9.17, 15) is 0 Å². The summed E-state index contributed by atoms with van der Waals surface area (Å²) in [5, 5.41) is 10.7. The molecule has 4 rings (SSSR count). The molecule has 0 radical (unpaired) electrons. The van der Waals surface area contributed by atoms with Crippen molar-refractivity contribution in [1.29, 1.82) is 0 Å². The average molecular weight is 386 g/mol. The van der Waals surface area contributed by atoms with E-state index >= 15 is 0 Å². The first-order valence-electron chi connectivity index (χ1n) is 10.4. The van der Waals surface area contributed by atoms with Gasteiger partial charge in [-0.1, -0.05) is 6.42 Å². The summed E-state index contributed by atoms with van der Waals surface area (Å²) in [6.07, 6.45) is 7.78. The first kappa shape index (κ1) is 19.0. The van der Waals surface area contributed by atoms with E-state index in [4.69, 9.17) is 4.42 Å². The topological polar surface area (TPSA) is 85.6 Å². The third kappa shape index (κ3) is 4.73. The van der Waals surface area contributed by atoms with Crippen LogP contribution in [-0.2, 0) is 6.42 Å². The predicted octanol–water partition coefficient (Wildman–Crippen LogP) is 1.99. The van der Waals surface area contributed by atoms with Crippen molar-refractivity contribution in [1.82, 2.24) is 30.3 Å². The van der Waals surface area contributed by atoms with Gasteiger partial charge in [0.15, 0.2) is 11.7 Å². The van der Waals surface area contributed by atoms with Crippen molar-refractivity contribution in [3.8, 4) is 11.6 Å². The van der Waals surface area contributed by atoms with Crippen LogP contribution in [0.4, 0.5) is 0 Å². The zero-order valence-electron chi connectivity index (χ0n) is 16.7. The molecule has 2 aromatic rings. The molecule has 8 heteroatoms. The van der Waals surface area contributed by atoms with E-state index in [1.54, 1.807) is 6.26 Å². The molecule has 0 amide bonds. The minimum atomic E-state index is 0.601. The summed E-state index contributed by atoms with van der Waals surface area (Å²) in [5.41, 5.74) is 0. The van der Waals surface area contributed by atoms with Crippen LogP contribution in [0.15, 0.2) is 27.8 Å². The molecule has 4 heterocycles. The number of H-pyrrole nitrogens is 1. The maximum Gasteiger partial charge on any atom is 0.216 e. The molecule has 1 unspecified atom stereocenters. The van der Waals surface area contributed by atoms with Crippen LogP contribution >= 0.6 is 0 Å². The molecule has 2 aromatic heterocycles. The summed E-state index contributed by atoms with van der Waals surface area (Å²) >= 11 is 0. The zero-order valence-corrected chi connectivity index (χ0v) is 16.7. The van der Waals surface area contributed by atoms with Gasteiger partial charge in [-0.3, -0.25) is 10.1 Å². The summed E-state index contributed by atoms with van der Waals surface area (Å²) in [7, 11) is 1.86. The first-order chi connectivity index (χ1) is 13.8. The molecular formula is C20H31N7O. The van der Waals surface area contributed by atoms with Crippen molar-refractivity contribution in [3.05, 3.63) is 24.2 Å². The summed E-state index contributed by atoms with van der Waals surface area (Å²) in [4.78, 5) is 14.0. The number of furan rings is 1. The monoisotopic (exact) mass is 385 g/mol. The lowest BCUT2D eigenvalue weighted by molar-refractivity contribution is 0.198. The molecule has 0 aromatic carbocycles. The molecule has 0 bridgehead atoms. The quantitative estimate of drug-likeness (QED) is 0.584. The number of piperidine rings is 1. The summed E-state index contributed by atoms with van der Waals surface area (Å²) < 4.78 is 5.34. The van der Waals surface area contributed by atoms with Crippen LogP contribution in [0.1, 0.15) is 31.5 Å². The van der Waals surface area contributed by atoms with Crippen LogP contribution in [0.5, 0.6) is 0 Å². The number of aliphatic imine (C=N–C) groups is 1. The molecular weight excluding hydrogens is 354 g/mol. The molecule has 2 fully saturated rings. The second-order valence-electron chi connectivity index (χ2n) is 7.77. The van der Waals surface area contributed by atoms with Crippen LogP contribution in [-0.4, -0.2) is 77.3 Å². The van der Waals surface area contributed by atoms with Crippen LogP contribution in [0.2, 0.25) is 0 Å². The molecule has 0 saturated carbocycles. The van der Waals surface area contributed by atoms with Gasteiger partial charge in [0.2, 0.25) is 5.82 Å². The molecule has 28 heavy (non-hydrogen) atoms. The van der Waals surface area contributed by atoms with Gasteiger partial charge >= 0.3 is 0 Å². The standard InChI is InChI=1S/C20H31N7O/c1-21-20(27-12-8-16(15-27)14-26-10-3-2-4-11-26)22-9-7-18-23-19(25-24-18)17-6-5-13-28-17/h5-6,13,16H,2-4,7-12,14-15H2,1H3,(H,21,22)(H,23,24,25). The van der Waals surface area contributed by atoms with E-state index in [-0.39, 0.29) is 0 Å². The highest BCUT2D eigenvalue weighted by molar-refractivity contribution is 5.80. The van der Waals surface area contributed by atoms with Gasteiger partial charge in [-0.2, -0.15) is 5.10 Å². The van der Waals surface area contributed by atoms with E-state index in [1.165, 1.54) is 45.3 Å². The molecule has 2 N–H and O–H groups in total. The predicted molar refractivity (Wildman–Crippen MR) is 109 cm³/mol. The van der Waals surface area contributed by atoms with E-state index in [0.29, 0.717) is 11.6 Å². The summed E-state index contributed by atoms with van der Waals surface area (Å²) in [5.74, 6) is 3.88. The maximum atomic E-state index is 5.34. The van der Waals surface area contributed by atoms with Crippen LogP contribution in [0.25, 0.3) is 11.6 Å². The zero-order chi connectivity index (χ0) is 19.2. The Hall–Kier alpha value is -2.35. The second-order valence-corrected chi connectivity index (χ2v) is 7.77. The lowest BCUT2D eigenvalue weighted by atomic mass is 10.1. The van der Waals surface area contributed by atoms with Gasteiger partial charge < -0.3 is 19.5 Å². The van der Waals surface area contributed by atoms with Gasteiger partial charge in [-0.05, 0) is 50.4 Å². The van der Waals surface area contributed by atoms with Crippen molar-refractivity contribution in [3.63, 3.8) is 0 Å². The van der Waals surface area contributed by atoms with Gasteiger partial charge in [-0.25, -0.2) is 4.98 Å². The summed E-state index contributed by atoms with van der Waals surface area (Å²) in [6, 6.07) is 3.70. The van der Waals surface area contributed by atoms with E-state index in [0.717, 1.165) is 43.8 Å². The lowest BCUT2D eigenvalue weighted by Gasteiger charge is -2.29. The number of guanidine groups is 1. The van der Waals surface area contributed by atoms with Gasteiger partial charge in [-0.15, -0.1) is 0 Å². The lowest BCUT2D eigenvalue weighted by Crippen LogP contribution is -2.42. The number of aromatic amines is 1. The smallest absolute Gasteiger partial charge is 0.216 e. The molecule has 2 aliphatic heterocycles. The highest BCUT2D eigenvalue weighted by Crippen LogP contribution is 2.20. The highest BCUT2D eigenvalue weighted by atomic mass is 16.3. The Bertz CT molecular complexity index is 748. The molecule has 1 atom stereocenters. The SMILES string of the molecule is CN=C(NCCc1nc(-c2ccco2)n[nH]1)N1CCC(CN2CCCCC2)C1. The van der Waals surface area contributed by atoms with Crippen molar-refractivity contribution in [2.75, 3.05) is 46.3 Å². The van der Waals surface area contributed by atoms with Crippen LogP contribution in [0, 0.1) is 5.92 Å². The third-order valence-electron chi connectivity index (χ3n) is 5.68. The molecule has 8 nitrogen and oxygen atoms in total. The molecule has 2 aliphatic rings. The minimum absolute atomic E-state index is 0.601. The van der Waals surface area contributed by atoms with E-state index < -0.39 is 0 Å². The Morgan fingerprint density at radius 1 is 1.32 bits per heavy atom. The second kappa shape index (κ2) is 9.23. The van der Waals surface area contributed by atoms with Crippen molar-refractivity contribution in [2.45, 2.75) is 32.1 Å². The van der Waals surface area contributed by atoms with Gasteiger partial charge in [0.25, 0.3) is 0 Å². The normalized spacial score (nSPS) is 21.4. The third-order valence-corrected chi connectivity index (χ3v) is 5.68. The number of nitrogens with zero attached hydrogens (tertiary/aromatic N) is 5. The minimum Gasteiger partial charge on any atom is -0.461 e. The van der Waals surface area contributed by atoms with E-state index in [2.05, 4.69) is 35.3 Å². The Morgan fingerprint density at radius 3 is 3.00 bits per heavy atom. The van der Waals surface area contributed by atoms with E-state index in [1.807, 2.05) is 19.2 Å². The number of hydrogen-bond acceptors (Lipinski definition) is 5. The fourth-order valence-electron chi connectivity index (χ4n) is 4.23. The summed E-state index contributed by atoms with van der Waals surface area (Å²) in [6.45, 7) is 6.75. The van der Waals surface area contributed by atoms with Crippen molar-refractivity contribution in [2.24, 2.45) is 10.9 Å². The number of nitrogens with one attached hydrogen (secondary N) is 2. The number of rotatable bonds is 6. The van der Waals surface area contributed by atoms with Crippen molar-refractivity contribution < 1.29 is 4.42 Å². The van der Waals surface area contributed by atoms with Gasteiger partial charge in [0.05, 0.1) is 6.26 Å². The van der Waals surface area contributed by atoms with Gasteiger partial charge in [0.1, 0.15) is 5.82 Å². The Morgan fingerprint density at radius 2 is 2.21 bits per heavy atom. The van der Waals surface area contributed by atoms with Crippen LogP contribution < -0.4 is 5.32 Å². The highest BCUT2D eigenvalue weighted by Gasteiger charge is 2.26. The largest absolute Gasteiger partial charge is 0.461 e. The molecule has 152 valence electrons. The Labute approximate surface area is 166 Å².